The fraction of sp³-hybridized carbons (Fsp3) is 0.455. The van der Waals surface area contributed by atoms with Gasteiger partial charge in [0.2, 0.25) is 0 Å². The zero-order valence-corrected chi connectivity index (χ0v) is 9.78. The summed E-state index contributed by atoms with van der Waals surface area (Å²) < 4.78 is 5.34. The summed E-state index contributed by atoms with van der Waals surface area (Å²) in [5, 5.41) is 3.15. The molecular weight excluding hydrogens is 194 g/mol. The molecule has 0 heterocycles. The number of hydrogen-bond donors (Lipinski definition) is 1. The van der Waals surface area contributed by atoms with Crippen molar-refractivity contribution >= 4 is 11.8 Å². The maximum atomic E-state index is 5.34. The molecule has 0 aliphatic heterocycles. The smallest absolute Gasteiger partial charge is 0.123 e. The van der Waals surface area contributed by atoms with Crippen LogP contribution in [0.3, 0.4) is 0 Å². The van der Waals surface area contributed by atoms with Crippen LogP contribution in [0.5, 0.6) is 5.75 Å². The van der Waals surface area contributed by atoms with Crippen molar-refractivity contribution in [3.63, 3.8) is 0 Å². The normalized spacial score (nSPS) is 10.2. The second-order valence-electron chi connectivity index (χ2n) is 2.99. The number of rotatable bonds is 5. The van der Waals surface area contributed by atoms with Gasteiger partial charge in [-0.1, -0.05) is 6.07 Å². The van der Waals surface area contributed by atoms with E-state index in [0.29, 0.717) is 0 Å². The Bertz CT molecular complexity index is 266. The largest absolute Gasteiger partial charge is 0.496 e. The van der Waals surface area contributed by atoms with Crippen LogP contribution in [0.1, 0.15) is 5.56 Å². The SMILES string of the molecule is CNCCc1c(OC)cccc1SC. The Morgan fingerprint density at radius 1 is 1.43 bits per heavy atom. The highest BCUT2D eigenvalue weighted by Gasteiger charge is 2.06. The molecule has 2 nitrogen and oxygen atoms in total. The predicted octanol–water partition coefficient (Wildman–Crippen LogP) is 2.18. The molecule has 14 heavy (non-hydrogen) atoms. The van der Waals surface area contributed by atoms with E-state index < -0.39 is 0 Å². The van der Waals surface area contributed by atoms with Crippen LogP contribution >= 0.6 is 11.8 Å². The third-order valence-electron chi connectivity index (χ3n) is 2.15. The summed E-state index contributed by atoms with van der Waals surface area (Å²) in [6, 6.07) is 6.19. The van der Waals surface area contributed by atoms with E-state index in [4.69, 9.17) is 4.74 Å². The van der Waals surface area contributed by atoms with Gasteiger partial charge >= 0.3 is 0 Å². The molecule has 0 radical (unpaired) electrons. The topological polar surface area (TPSA) is 21.3 Å². The van der Waals surface area contributed by atoms with Crippen molar-refractivity contribution in [1.29, 1.82) is 0 Å². The Labute approximate surface area is 90.0 Å². The second kappa shape index (κ2) is 5.94. The molecule has 0 aliphatic rings. The van der Waals surface area contributed by atoms with Gasteiger partial charge in [-0.25, -0.2) is 0 Å². The molecule has 0 aromatic heterocycles. The average molecular weight is 211 g/mol. The van der Waals surface area contributed by atoms with Gasteiger partial charge in [-0.15, -0.1) is 11.8 Å². The van der Waals surface area contributed by atoms with E-state index in [0.717, 1.165) is 18.7 Å². The first-order valence-electron chi connectivity index (χ1n) is 4.68. The highest BCUT2D eigenvalue weighted by molar-refractivity contribution is 7.98. The molecule has 0 saturated carbocycles. The van der Waals surface area contributed by atoms with Crippen molar-refractivity contribution in [1.82, 2.24) is 5.32 Å². The summed E-state index contributed by atoms with van der Waals surface area (Å²) in [6.07, 6.45) is 3.11. The molecule has 0 aliphatic carbocycles. The van der Waals surface area contributed by atoms with Crippen molar-refractivity contribution in [2.45, 2.75) is 11.3 Å². The molecule has 0 atom stereocenters. The summed E-state index contributed by atoms with van der Waals surface area (Å²) in [4.78, 5) is 1.31. The van der Waals surface area contributed by atoms with Gasteiger partial charge in [0.25, 0.3) is 0 Å². The molecule has 3 heteroatoms. The Balaban J connectivity index is 2.93. The number of benzene rings is 1. The molecule has 0 unspecified atom stereocenters. The minimum absolute atomic E-state index is 0.980. The fourth-order valence-corrected chi connectivity index (χ4v) is 2.09. The molecule has 0 spiro atoms. The first-order chi connectivity index (χ1) is 6.83. The highest BCUT2D eigenvalue weighted by Crippen LogP contribution is 2.28. The lowest BCUT2D eigenvalue weighted by Gasteiger charge is -2.11. The Morgan fingerprint density at radius 3 is 2.79 bits per heavy atom. The molecule has 1 N–H and O–H groups in total. The fourth-order valence-electron chi connectivity index (χ4n) is 1.42. The molecular formula is C11H17NOS. The third-order valence-corrected chi connectivity index (χ3v) is 2.98. The molecule has 0 amide bonds. The van der Waals surface area contributed by atoms with E-state index in [2.05, 4.69) is 17.6 Å². The standard InChI is InChI=1S/C11H17NOS/c1-12-8-7-9-10(13-2)5-4-6-11(9)14-3/h4-6,12H,7-8H2,1-3H3. The zero-order valence-electron chi connectivity index (χ0n) is 8.96. The first-order valence-corrected chi connectivity index (χ1v) is 5.90. The minimum atomic E-state index is 0.980. The van der Waals surface area contributed by atoms with Crippen molar-refractivity contribution in [2.24, 2.45) is 0 Å². The molecule has 1 aromatic carbocycles. The molecule has 0 fully saturated rings. The monoisotopic (exact) mass is 211 g/mol. The number of thioether (sulfide) groups is 1. The van der Waals surface area contributed by atoms with E-state index in [-0.39, 0.29) is 0 Å². The van der Waals surface area contributed by atoms with Crippen LogP contribution in [0.4, 0.5) is 0 Å². The molecule has 1 rings (SSSR count). The molecule has 0 bridgehead atoms. The van der Waals surface area contributed by atoms with Gasteiger partial charge in [0.1, 0.15) is 5.75 Å². The summed E-state index contributed by atoms with van der Waals surface area (Å²) in [5.41, 5.74) is 1.30. The number of ether oxygens (including phenoxy) is 1. The highest BCUT2D eigenvalue weighted by atomic mass is 32.2. The van der Waals surface area contributed by atoms with E-state index in [1.807, 2.05) is 19.2 Å². The van der Waals surface area contributed by atoms with Crippen LogP contribution in [0.2, 0.25) is 0 Å². The maximum Gasteiger partial charge on any atom is 0.123 e. The van der Waals surface area contributed by atoms with E-state index >= 15 is 0 Å². The van der Waals surface area contributed by atoms with Gasteiger partial charge in [-0.05, 0) is 38.4 Å². The number of methoxy groups -OCH3 is 1. The number of nitrogens with one attached hydrogen (secondary N) is 1. The van der Waals surface area contributed by atoms with Gasteiger partial charge in [0.05, 0.1) is 7.11 Å². The van der Waals surface area contributed by atoms with Crippen LogP contribution in [-0.2, 0) is 6.42 Å². The summed E-state index contributed by atoms with van der Waals surface area (Å²) in [6.45, 7) is 0.980. The van der Waals surface area contributed by atoms with Crippen molar-refractivity contribution in [3.05, 3.63) is 23.8 Å². The van der Waals surface area contributed by atoms with Crippen molar-refractivity contribution < 1.29 is 4.74 Å². The molecule has 0 saturated heterocycles. The second-order valence-corrected chi connectivity index (χ2v) is 3.84. The van der Waals surface area contributed by atoms with E-state index in [1.165, 1.54) is 10.5 Å². The van der Waals surface area contributed by atoms with Gasteiger partial charge in [-0.2, -0.15) is 0 Å². The minimum Gasteiger partial charge on any atom is -0.496 e. The van der Waals surface area contributed by atoms with Crippen LogP contribution in [-0.4, -0.2) is 27.0 Å². The quantitative estimate of drug-likeness (QED) is 0.754. The Hall–Kier alpha value is -0.670. The Morgan fingerprint density at radius 2 is 2.21 bits per heavy atom. The number of hydrogen-bond acceptors (Lipinski definition) is 3. The summed E-state index contributed by atoms with van der Waals surface area (Å²) >= 11 is 1.77. The molecule has 1 aromatic rings. The molecule has 78 valence electrons. The first kappa shape index (κ1) is 11.4. The lowest BCUT2D eigenvalue weighted by Crippen LogP contribution is -2.11. The summed E-state index contributed by atoms with van der Waals surface area (Å²) in [7, 11) is 3.69. The average Bonchev–Trinajstić information content (AvgIpc) is 2.25. The Kier molecular flexibility index (Phi) is 4.84. The predicted molar refractivity (Wildman–Crippen MR) is 62.4 cm³/mol. The van der Waals surface area contributed by atoms with Crippen LogP contribution in [0.15, 0.2) is 23.1 Å². The summed E-state index contributed by atoms with van der Waals surface area (Å²) in [5.74, 6) is 0.993. The van der Waals surface area contributed by atoms with Gasteiger partial charge < -0.3 is 10.1 Å². The van der Waals surface area contributed by atoms with Gasteiger partial charge in [0.15, 0.2) is 0 Å². The lowest BCUT2D eigenvalue weighted by atomic mass is 10.1. The number of likely N-dealkylation sites (N-methyl/N-ethyl adjacent to an activating group) is 1. The maximum absolute atomic E-state index is 5.34. The van der Waals surface area contributed by atoms with Crippen LogP contribution < -0.4 is 10.1 Å². The van der Waals surface area contributed by atoms with Crippen LogP contribution in [0.25, 0.3) is 0 Å². The van der Waals surface area contributed by atoms with Crippen LogP contribution in [0, 0.1) is 0 Å². The van der Waals surface area contributed by atoms with Crippen molar-refractivity contribution in [3.8, 4) is 5.75 Å². The lowest BCUT2D eigenvalue weighted by molar-refractivity contribution is 0.407. The zero-order chi connectivity index (χ0) is 10.4. The van der Waals surface area contributed by atoms with Gasteiger partial charge in [0, 0.05) is 10.5 Å². The van der Waals surface area contributed by atoms with E-state index in [9.17, 15) is 0 Å². The van der Waals surface area contributed by atoms with E-state index in [1.54, 1.807) is 18.9 Å². The third kappa shape index (κ3) is 2.66. The van der Waals surface area contributed by atoms with Gasteiger partial charge in [-0.3, -0.25) is 0 Å². The van der Waals surface area contributed by atoms with Crippen molar-refractivity contribution in [2.75, 3.05) is 27.0 Å².